The summed E-state index contributed by atoms with van der Waals surface area (Å²) in [5.74, 6) is 1.47. The number of benzene rings is 2. The van der Waals surface area contributed by atoms with Crippen LogP contribution in [0.15, 0.2) is 48.5 Å². The van der Waals surface area contributed by atoms with Gasteiger partial charge < -0.3 is 20.7 Å². The predicted octanol–water partition coefficient (Wildman–Crippen LogP) is 4.28. The van der Waals surface area contributed by atoms with Crippen LogP contribution in [0.5, 0.6) is 0 Å². The molecular weight excluding hydrogens is 437 g/mol. The number of hydrogen-bond acceptors (Lipinski definition) is 7. The maximum Gasteiger partial charge on any atom is 0.231 e. The molecule has 0 aliphatic carbocycles. The summed E-state index contributed by atoms with van der Waals surface area (Å²) in [6.45, 7) is 2.66. The first-order valence-corrected chi connectivity index (χ1v) is 10.5. The summed E-state index contributed by atoms with van der Waals surface area (Å²) in [6.07, 6.45) is 0. The van der Waals surface area contributed by atoms with Crippen LogP contribution in [0.4, 0.5) is 23.4 Å². The molecule has 0 atom stereocenters. The number of nitrogens with one attached hydrogen (secondary N) is 1. The van der Waals surface area contributed by atoms with E-state index in [2.05, 4.69) is 15.2 Å². The Balaban J connectivity index is 1.67. The second kappa shape index (κ2) is 8.22. The van der Waals surface area contributed by atoms with Gasteiger partial charge in [0, 0.05) is 28.8 Å². The first-order chi connectivity index (χ1) is 15.1. The van der Waals surface area contributed by atoms with Crippen molar-refractivity contribution in [2.75, 3.05) is 42.3 Å². The summed E-state index contributed by atoms with van der Waals surface area (Å²) < 4.78 is 7.30. The van der Waals surface area contributed by atoms with Crippen molar-refractivity contribution in [1.82, 2.24) is 19.5 Å². The largest absolute Gasteiger partial charge is 0.378 e. The van der Waals surface area contributed by atoms with Crippen LogP contribution in [0.3, 0.4) is 0 Å². The number of halogens is 2. The van der Waals surface area contributed by atoms with Crippen molar-refractivity contribution in [3.63, 3.8) is 0 Å². The lowest BCUT2D eigenvalue weighted by Crippen LogP contribution is -2.37. The van der Waals surface area contributed by atoms with Crippen molar-refractivity contribution >= 4 is 57.8 Å². The van der Waals surface area contributed by atoms with E-state index in [0.717, 1.165) is 11.4 Å². The van der Waals surface area contributed by atoms with Gasteiger partial charge in [0.2, 0.25) is 11.9 Å². The van der Waals surface area contributed by atoms with Gasteiger partial charge in [0.05, 0.1) is 18.9 Å². The number of imidazole rings is 1. The fourth-order valence-electron chi connectivity index (χ4n) is 3.52. The van der Waals surface area contributed by atoms with Crippen molar-refractivity contribution in [2.45, 2.75) is 0 Å². The third-order valence-electron chi connectivity index (χ3n) is 5.01. The summed E-state index contributed by atoms with van der Waals surface area (Å²) in [6, 6.07) is 14.7. The zero-order chi connectivity index (χ0) is 21.4. The summed E-state index contributed by atoms with van der Waals surface area (Å²) in [5, 5.41) is 4.55. The SMILES string of the molecule is Nc1nc2c(N3CCOCC3)nc(Nc3ccc(Cl)cc3)nc2n1-c1ccc(Cl)cc1. The molecular formula is C21H19Cl2N7O. The van der Waals surface area contributed by atoms with Crippen molar-refractivity contribution in [3.05, 3.63) is 58.6 Å². The van der Waals surface area contributed by atoms with Crippen LogP contribution in [-0.2, 0) is 4.74 Å². The van der Waals surface area contributed by atoms with E-state index in [1.54, 1.807) is 28.8 Å². The molecule has 0 saturated carbocycles. The molecule has 0 unspecified atom stereocenters. The lowest BCUT2D eigenvalue weighted by atomic mass is 10.3. The fraction of sp³-hybridized carbons (Fsp3) is 0.190. The van der Waals surface area contributed by atoms with Gasteiger partial charge in [-0.15, -0.1) is 0 Å². The topological polar surface area (TPSA) is 94.1 Å². The number of aromatic nitrogens is 4. The van der Waals surface area contributed by atoms with Crippen LogP contribution in [0.25, 0.3) is 16.9 Å². The van der Waals surface area contributed by atoms with Gasteiger partial charge in [-0.25, -0.2) is 4.98 Å². The molecule has 0 spiro atoms. The number of rotatable bonds is 4. The van der Waals surface area contributed by atoms with Gasteiger partial charge >= 0.3 is 0 Å². The van der Waals surface area contributed by atoms with Gasteiger partial charge in [-0.3, -0.25) is 4.57 Å². The Kier molecular flexibility index (Phi) is 5.27. The molecule has 3 N–H and O–H groups in total. The molecule has 158 valence electrons. The molecule has 0 amide bonds. The van der Waals surface area contributed by atoms with Crippen LogP contribution in [0, 0.1) is 0 Å². The molecule has 1 aliphatic rings. The van der Waals surface area contributed by atoms with E-state index in [0.29, 0.717) is 65.2 Å². The first kappa shape index (κ1) is 19.9. The third-order valence-corrected chi connectivity index (χ3v) is 5.51. The number of nitrogens with zero attached hydrogens (tertiary/aromatic N) is 5. The molecule has 0 radical (unpaired) electrons. The normalized spacial score (nSPS) is 14.2. The average Bonchev–Trinajstić information content (AvgIpc) is 3.12. The molecule has 2 aromatic heterocycles. The smallest absolute Gasteiger partial charge is 0.231 e. The predicted molar refractivity (Wildman–Crippen MR) is 124 cm³/mol. The van der Waals surface area contributed by atoms with Gasteiger partial charge in [0.1, 0.15) is 0 Å². The molecule has 2 aromatic carbocycles. The molecule has 10 heteroatoms. The zero-order valence-corrected chi connectivity index (χ0v) is 17.9. The van der Waals surface area contributed by atoms with Crippen molar-refractivity contribution in [3.8, 4) is 5.69 Å². The molecule has 3 heterocycles. The van der Waals surface area contributed by atoms with Crippen LogP contribution < -0.4 is 16.0 Å². The van der Waals surface area contributed by atoms with Crippen LogP contribution in [-0.4, -0.2) is 45.8 Å². The van der Waals surface area contributed by atoms with Crippen molar-refractivity contribution < 1.29 is 4.74 Å². The van der Waals surface area contributed by atoms with Crippen LogP contribution in [0.1, 0.15) is 0 Å². The van der Waals surface area contributed by atoms with Crippen LogP contribution in [0.2, 0.25) is 10.0 Å². The second-order valence-corrected chi connectivity index (χ2v) is 7.93. The number of nitrogens with two attached hydrogens (primary N) is 1. The third kappa shape index (κ3) is 3.97. The van der Waals surface area contributed by atoms with Crippen molar-refractivity contribution in [1.29, 1.82) is 0 Å². The van der Waals surface area contributed by atoms with E-state index in [1.165, 1.54) is 0 Å². The maximum atomic E-state index is 6.31. The quantitative estimate of drug-likeness (QED) is 0.473. The molecule has 0 bridgehead atoms. The molecule has 1 fully saturated rings. The van der Waals surface area contributed by atoms with E-state index in [1.807, 2.05) is 24.3 Å². The van der Waals surface area contributed by atoms with Gasteiger partial charge in [-0.05, 0) is 48.5 Å². The van der Waals surface area contributed by atoms with Crippen LogP contribution >= 0.6 is 23.2 Å². The van der Waals surface area contributed by atoms with Gasteiger partial charge in [0.25, 0.3) is 0 Å². The second-order valence-electron chi connectivity index (χ2n) is 7.06. The highest BCUT2D eigenvalue weighted by Crippen LogP contribution is 2.31. The zero-order valence-electron chi connectivity index (χ0n) is 16.4. The van der Waals surface area contributed by atoms with Gasteiger partial charge in [-0.2, -0.15) is 9.97 Å². The Hall–Kier alpha value is -3.07. The Morgan fingerprint density at radius 3 is 2.19 bits per heavy atom. The van der Waals surface area contributed by atoms with E-state index < -0.39 is 0 Å². The maximum absolute atomic E-state index is 6.31. The highest BCUT2D eigenvalue weighted by molar-refractivity contribution is 6.30. The summed E-state index contributed by atoms with van der Waals surface area (Å²) in [5.41, 5.74) is 9.19. The number of anilines is 4. The first-order valence-electron chi connectivity index (χ1n) is 9.76. The molecule has 1 aliphatic heterocycles. The standard InChI is InChI=1S/C21H19Cl2N7O/c22-13-1-5-15(6-2-13)25-21-27-18(29-9-11-31-12-10-29)17-19(28-21)30(20(24)26-17)16-7-3-14(23)4-8-16/h1-8H,9-12H2,(H2,24,26)(H,25,27,28). The highest BCUT2D eigenvalue weighted by Gasteiger charge is 2.23. The molecule has 4 aromatic rings. The van der Waals surface area contributed by atoms with E-state index in [4.69, 9.17) is 43.6 Å². The summed E-state index contributed by atoms with van der Waals surface area (Å²) in [7, 11) is 0. The van der Waals surface area contributed by atoms with E-state index in [-0.39, 0.29) is 0 Å². The Morgan fingerprint density at radius 2 is 1.52 bits per heavy atom. The minimum Gasteiger partial charge on any atom is -0.378 e. The van der Waals surface area contributed by atoms with Gasteiger partial charge in [0.15, 0.2) is 17.0 Å². The minimum atomic E-state index is 0.324. The van der Waals surface area contributed by atoms with E-state index >= 15 is 0 Å². The number of morpholine rings is 1. The lowest BCUT2D eigenvalue weighted by molar-refractivity contribution is 0.122. The molecule has 5 rings (SSSR count). The Labute approximate surface area is 188 Å². The summed E-state index contributed by atoms with van der Waals surface area (Å²) in [4.78, 5) is 16.2. The lowest BCUT2D eigenvalue weighted by Gasteiger charge is -2.28. The molecule has 31 heavy (non-hydrogen) atoms. The highest BCUT2D eigenvalue weighted by atomic mass is 35.5. The summed E-state index contributed by atoms with van der Waals surface area (Å²) >= 11 is 12.1. The van der Waals surface area contributed by atoms with Crippen molar-refractivity contribution in [2.24, 2.45) is 0 Å². The molecule has 8 nitrogen and oxygen atoms in total. The average molecular weight is 456 g/mol. The van der Waals surface area contributed by atoms with Gasteiger partial charge in [-0.1, -0.05) is 23.2 Å². The molecule has 1 saturated heterocycles. The van der Waals surface area contributed by atoms with E-state index in [9.17, 15) is 0 Å². The number of nitrogen functional groups attached to an aromatic ring is 1. The number of ether oxygens (including phenoxy) is 1. The minimum absolute atomic E-state index is 0.324. The number of hydrogen-bond donors (Lipinski definition) is 2. The monoisotopic (exact) mass is 455 g/mol. The fourth-order valence-corrected chi connectivity index (χ4v) is 3.77. The Bertz CT molecular complexity index is 1220. The number of fused-ring (bicyclic) bond motifs is 1. The Morgan fingerprint density at radius 1 is 0.871 bits per heavy atom.